The van der Waals surface area contributed by atoms with Crippen molar-refractivity contribution in [2.24, 2.45) is 0 Å². The van der Waals surface area contributed by atoms with E-state index in [2.05, 4.69) is 43.2 Å². The molecule has 0 amide bonds. The molecule has 2 aromatic carbocycles. The molecule has 0 saturated carbocycles. The predicted molar refractivity (Wildman–Crippen MR) is 84.8 cm³/mol. The second kappa shape index (κ2) is 5.94. The summed E-state index contributed by atoms with van der Waals surface area (Å²) in [5, 5.41) is 12.5. The van der Waals surface area contributed by atoms with E-state index < -0.39 is 11.4 Å². The number of nitriles is 1. The number of nitrogens with one attached hydrogen (secondary N) is 1. The van der Waals surface area contributed by atoms with Crippen molar-refractivity contribution in [2.75, 3.05) is 5.32 Å². The molecule has 0 spiro atoms. The second-order valence-corrected chi connectivity index (χ2v) is 6.32. The maximum atomic E-state index is 14.1. The highest BCUT2D eigenvalue weighted by Gasteiger charge is 2.29. The first-order valence-corrected chi connectivity index (χ1v) is 7.44. The van der Waals surface area contributed by atoms with E-state index in [9.17, 15) is 9.65 Å². The van der Waals surface area contributed by atoms with Crippen molar-refractivity contribution >= 4 is 37.5 Å². The number of nitrogens with zero attached hydrogens (tertiary/aromatic N) is 1. The van der Waals surface area contributed by atoms with Crippen LogP contribution in [-0.2, 0) is 5.54 Å². The minimum Gasteiger partial charge on any atom is -0.364 e. The summed E-state index contributed by atoms with van der Waals surface area (Å²) in [7, 11) is 0. The summed E-state index contributed by atoms with van der Waals surface area (Å²) in [5.41, 5.74) is -0.0794. The van der Waals surface area contributed by atoms with Gasteiger partial charge in [0, 0.05) is 20.2 Å². The third-order valence-corrected chi connectivity index (χ3v) is 3.95. The molecule has 0 aromatic heterocycles. The van der Waals surface area contributed by atoms with Gasteiger partial charge in [-0.1, -0.05) is 37.9 Å². The number of hydrogen-bond donors (Lipinski definition) is 1. The molecule has 0 heterocycles. The van der Waals surface area contributed by atoms with Gasteiger partial charge in [-0.3, -0.25) is 0 Å². The maximum Gasteiger partial charge on any atom is 0.151 e. The van der Waals surface area contributed by atoms with Gasteiger partial charge in [-0.05, 0) is 43.3 Å². The standard InChI is InChI=1S/C15H11Br2FN2/c1-15(9-19,13-7-4-11(17)8-14(13)18)20-12-5-2-10(16)3-6-12/h2-8,20H,1H3. The largest absolute Gasteiger partial charge is 0.364 e. The lowest BCUT2D eigenvalue weighted by molar-refractivity contribution is 0.570. The van der Waals surface area contributed by atoms with E-state index in [1.165, 1.54) is 6.07 Å². The number of hydrogen-bond acceptors (Lipinski definition) is 2. The first kappa shape index (κ1) is 15.0. The van der Waals surface area contributed by atoms with Gasteiger partial charge in [0.1, 0.15) is 5.82 Å². The zero-order valence-corrected chi connectivity index (χ0v) is 13.8. The fourth-order valence-electron chi connectivity index (χ4n) is 1.87. The van der Waals surface area contributed by atoms with E-state index in [1.807, 2.05) is 24.3 Å². The zero-order valence-electron chi connectivity index (χ0n) is 10.6. The molecule has 0 aliphatic carbocycles. The molecule has 0 saturated heterocycles. The highest BCUT2D eigenvalue weighted by atomic mass is 79.9. The van der Waals surface area contributed by atoms with Crippen molar-refractivity contribution in [1.82, 2.24) is 0 Å². The molecule has 102 valence electrons. The van der Waals surface area contributed by atoms with E-state index in [-0.39, 0.29) is 0 Å². The molecule has 1 N–H and O–H groups in total. The molecule has 2 aromatic rings. The van der Waals surface area contributed by atoms with Crippen molar-refractivity contribution < 1.29 is 4.39 Å². The highest BCUT2D eigenvalue weighted by molar-refractivity contribution is 9.10. The normalized spacial score (nSPS) is 13.3. The molecule has 0 fully saturated rings. The van der Waals surface area contributed by atoms with Crippen molar-refractivity contribution in [3.8, 4) is 6.07 Å². The van der Waals surface area contributed by atoms with E-state index in [1.54, 1.807) is 19.1 Å². The Bertz CT molecular complexity index is 665. The van der Waals surface area contributed by atoms with Crippen LogP contribution in [0.15, 0.2) is 51.4 Å². The van der Waals surface area contributed by atoms with Gasteiger partial charge < -0.3 is 5.32 Å². The zero-order chi connectivity index (χ0) is 14.8. The minimum atomic E-state index is -1.14. The van der Waals surface area contributed by atoms with Crippen LogP contribution in [0.25, 0.3) is 0 Å². The van der Waals surface area contributed by atoms with Gasteiger partial charge in [0.25, 0.3) is 0 Å². The van der Waals surface area contributed by atoms with Crippen LogP contribution in [0.4, 0.5) is 10.1 Å². The molecule has 2 rings (SSSR count). The molecular weight excluding hydrogens is 387 g/mol. The summed E-state index contributed by atoms with van der Waals surface area (Å²) in [6.07, 6.45) is 0. The van der Waals surface area contributed by atoms with E-state index in [0.29, 0.717) is 10.0 Å². The third-order valence-electron chi connectivity index (χ3n) is 2.93. The van der Waals surface area contributed by atoms with Gasteiger partial charge in [0.05, 0.1) is 6.07 Å². The summed E-state index contributed by atoms with van der Waals surface area (Å²) < 4.78 is 15.7. The average Bonchev–Trinajstić information content (AvgIpc) is 2.41. The van der Waals surface area contributed by atoms with E-state index in [4.69, 9.17) is 0 Å². The number of rotatable bonds is 3. The predicted octanol–water partition coefficient (Wildman–Crippen LogP) is 5.20. The van der Waals surface area contributed by atoms with Crippen LogP contribution in [-0.4, -0.2) is 0 Å². The first-order chi connectivity index (χ1) is 9.44. The van der Waals surface area contributed by atoms with Crippen LogP contribution in [0.5, 0.6) is 0 Å². The lowest BCUT2D eigenvalue weighted by Gasteiger charge is -2.25. The Morgan fingerprint density at radius 2 is 1.70 bits per heavy atom. The molecule has 1 unspecified atom stereocenters. The maximum absolute atomic E-state index is 14.1. The third kappa shape index (κ3) is 3.20. The Kier molecular flexibility index (Phi) is 4.46. The topological polar surface area (TPSA) is 35.8 Å². The smallest absolute Gasteiger partial charge is 0.151 e. The van der Waals surface area contributed by atoms with Gasteiger partial charge >= 0.3 is 0 Å². The average molecular weight is 398 g/mol. The van der Waals surface area contributed by atoms with Crippen LogP contribution in [0.3, 0.4) is 0 Å². The Labute approximate surface area is 133 Å². The van der Waals surface area contributed by atoms with Gasteiger partial charge in [-0.15, -0.1) is 0 Å². The van der Waals surface area contributed by atoms with Crippen molar-refractivity contribution in [3.63, 3.8) is 0 Å². The second-order valence-electron chi connectivity index (χ2n) is 4.49. The molecule has 0 aliphatic heterocycles. The number of benzene rings is 2. The Balaban J connectivity index is 2.38. The van der Waals surface area contributed by atoms with E-state index >= 15 is 0 Å². The summed E-state index contributed by atoms with van der Waals surface area (Å²) in [6, 6.07) is 14.2. The molecule has 0 bridgehead atoms. The van der Waals surface area contributed by atoms with Crippen LogP contribution in [0.1, 0.15) is 12.5 Å². The van der Waals surface area contributed by atoms with Gasteiger partial charge in [0.15, 0.2) is 5.54 Å². The lowest BCUT2D eigenvalue weighted by atomic mass is 9.92. The van der Waals surface area contributed by atoms with Crippen LogP contribution in [0, 0.1) is 17.1 Å². The molecule has 20 heavy (non-hydrogen) atoms. The monoisotopic (exact) mass is 396 g/mol. The van der Waals surface area contributed by atoms with E-state index in [0.717, 1.165) is 10.2 Å². The lowest BCUT2D eigenvalue weighted by Crippen LogP contribution is -2.31. The Morgan fingerprint density at radius 3 is 2.25 bits per heavy atom. The molecule has 1 atom stereocenters. The minimum absolute atomic E-state index is 0.311. The van der Waals surface area contributed by atoms with Gasteiger partial charge in [-0.2, -0.15) is 5.26 Å². The quantitative estimate of drug-likeness (QED) is 0.772. The molecule has 5 heteroatoms. The molecular formula is C15H11Br2FN2. The SMILES string of the molecule is CC(C#N)(Nc1ccc(Br)cc1)c1ccc(Br)cc1F. The summed E-state index contributed by atoms with van der Waals surface area (Å²) in [6.45, 7) is 1.65. The van der Waals surface area contributed by atoms with Crippen LogP contribution in [0.2, 0.25) is 0 Å². The Hall–Kier alpha value is -1.38. The molecule has 0 aliphatic rings. The number of halogens is 3. The van der Waals surface area contributed by atoms with Gasteiger partial charge in [-0.25, -0.2) is 4.39 Å². The van der Waals surface area contributed by atoms with Crippen molar-refractivity contribution in [3.05, 3.63) is 62.8 Å². The van der Waals surface area contributed by atoms with Crippen molar-refractivity contribution in [2.45, 2.75) is 12.5 Å². The van der Waals surface area contributed by atoms with Gasteiger partial charge in [0.2, 0.25) is 0 Å². The Morgan fingerprint density at radius 1 is 1.10 bits per heavy atom. The fraction of sp³-hybridized carbons (Fsp3) is 0.133. The summed E-state index contributed by atoms with van der Waals surface area (Å²) in [4.78, 5) is 0. The fourth-order valence-corrected chi connectivity index (χ4v) is 2.47. The molecule has 2 nitrogen and oxygen atoms in total. The summed E-state index contributed by atoms with van der Waals surface area (Å²) >= 11 is 6.56. The van der Waals surface area contributed by atoms with Crippen LogP contribution < -0.4 is 5.32 Å². The number of anilines is 1. The van der Waals surface area contributed by atoms with Crippen LogP contribution >= 0.6 is 31.9 Å². The molecule has 0 radical (unpaired) electrons. The summed E-state index contributed by atoms with van der Waals surface area (Å²) in [5.74, 6) is -0.423. The first-order valence-electron chi connectivity index (χ1n) is 5.85. The van der Waals surface area contributed by atoms with Crippen molar-refractivity contribution in [1.29, 1.82) is 5.26 Å². The highest BCUT2D eigenvalue weighted by Crippen LogP contribution is 2.29.